The second-order valence-electron chi connectivity index (χ2n) is 10.0. The molecule has 3 nitrogen and oxygen atoms in total. The van der Waals surface area contributed by atoms with Crippen molar-refractivity contribution in [3.05, 3.63) is 58.2 Å². The van der Waals surface area contributed by atoms with E-state index in [1.54, 1.807) is 6.92 Å². The smallest absolute Gasteiger partial charge is 0.308 e. The highest BCUT2D eigenvalue weighted by Gasteiger charge is 2.27. The van der Waals surface area contributed by atoms with Crippen LogP contribution in [0.1, 0.15) is 106 Å². The van der Waals surface area contributed by atoms with Gasteiger partial charge in [0.15, 0.2) is 0 Å². The van der Waals surface area contributed by atoms with Crippen molar-refractivity contribution in [1.29, 1.82) is 0 Å². The molecule has 0 aromatic heterocycles. The molecular formula is C30H48O3. The number of carboxylic acids is 1. The van der Waals surface area contributed by atoms with Crippen LogP contribution < -0.4 is 0 Å². The molecule has 1 saturated heterocycles. The van der Waals surface area contributed by atoms with Gasteiger partial charge in [0, 0.05) is 0 Å². The normalized spacial score (nSPS) is 20.1. The third-order valence-corrected chi connectivity index (χ3v) is 6.43. The van der Waals surface area contributed by atoms with Crippen molar-refractivity contribution in [3.8, 4) is 0 Å². The van der Waals surface area contributed by atoms with Crippen molar-refractivity contribution in [3.63, 3.8) is 0 Å². The number of carbonyl (C=O) groups is 1. The monoisotopic (exact) mass is 456 g/mol. The maximum atomic E-state index is 11.1. The van der Waals surface area contributed by atoms with Crippen LogP contribution in [0.4, 0.5) is 0 Å². The average Bonchev–Trinajstić information content (AvgIpc) is 2.76. The summed E-state index contributed by atoms with van der Waals surface area (Å²) in [5.41, 5.74) is 7.16. The Balaban J connectivity index is 2.22. The van der Waals surface area contributed by atoms with Gasteiger partial charge in [-0.1, -0.05) is 52.7 Å². The Bertz CT molecular complexity index is 735. The van der Waals surface area contributed by atoms with Crippen LogP contribution in [0.15, 0.2) is 58.2 Å². The first kappa shape index (κ1) is 29.2. The van der Waals surface area contributed by atoms with E-state index in [1.807, 2.05) is 0 Å². The quantitative estimate of drug-likeness (QED) is 0.210. The van der Waals surface area contributed by atoms with Crippen molar-refractivity contribution < 1.29 is 14.6 Å². The van der Waals surface area contributed by atoms with E-state index in [4.69, 9.17) is 9.84 Å². The number of hydrogen-bond donors (Lipinski definition) is 1. The van der Waals surface area contributed by atoms with E-state index < -0.39 is 11.9 Å². The Morgan fingerprint density at radius 3 is 1.88 bits per heavy atom. The van der Waals surface area contributed by atoms with Gasteiger partial charge in [-0.3, -0.25) is 4.79 Å². The van der Waals surface area contributed by atoms with Crippen LogP contribution in [0.2, 0.25) is 0 Å². The molecule has 0 aliphatic carbocycles. The van der Waals surface area contributed by atoms with E-state index in [2.05, 4.69) is 65.0 Å². The third kappa shape index (κ3) is 14.1. The first-order valence-electron chi connectivity index (χ1n) is 12.8. The maximum Gasteiger partial charge on any atom is 0.308 e. The molecule has 0 aromatic carbocycles. The molecule has 1 fully saturated rings. The molecule has 1 aliphatic rings. The second kappa shape index (κ2) is 16.7. The Hall–Kier alpha value is -1.87. The molecule has 186 valence electrons. The van der Waals surface area contributed by atoms with Gasteiger partial charge in [-0.05, 0) is 111 Å². The lowest BCUT2D eigenvalue weighted by Crippen LogP contribution is -2.32. The fourth-order valence-electron chi connectivity index (χ4n) is 4.02. The summed E-state index contributed by atoms with van der Waals surface area (Å²) >= 11 is 0. The highest BCUT2D eigenvalue weighted by Crippen LogP contribution is 2.24. The Labute approximate surface area is 203 Å². The van der Waals surface area contributed by atoms with Crippen molar-refractivity contribution in [1.82, 2.24) is 0 Å². The molecule has 1 N–H and O–H groups in total. The molecule has 0 saturated carbocycles. The number of unbranched alkanes of at least 4 members (excludes halogenated alkanes) is 1. The minimum Gasteiger partial charge on any atom is -0.481 e. The molecule has 2 atom stereocenters. The van der Waals surface area contributed by atoms with E-state index in [0.29, 0.717) is 6.61 Å². The molecule has 0 amide bonds. The fraction of sp³-hybridized carbons (Fsp3) is 0.633. The zero-order valence-electron chi connectivity index (χ0n) is 22.1. The molecule has 1 unspecified atom stereocenters. The van der Waals surface area contributed by atoms with E-state index in [-0.39, 0.29) is 6.10 Å². The van der Waals surface area contributed by atoms with Gasteiger partial charge in [0.05, 0.1) is 18.6 Å². The predicted octanol–water partition coefficient (Wildman–Crippen LogP) is 8.74. The molecular weight excluding hydrogens is 408 g/mol. The van der Waals surface area contributed by atoms with Crippen LogP contribution in [0.3, 0.4) is 0 Å². The van der Waals surface area contributed by atoms with Gasteiger partial charge in [-0.15, -0.1) is 0 Å². The SMILES string of the molecule is CC(C)=CCC/C(C)=C/CC/C(C)=C/CC/C=C(\C)CC/C=C1/CC[C@H](C(C)C(=O)O)OC1. The molecule has 1 rings (SSSR count). The topological polar surface area (TPSA) is 46.5 Å². The molecule has 0 aromatic rings. The van der Waals surface area contributed by atoms with E-state index in [1.165, 1.54) is 34.3 Å². The molecule has 0 spiro atoms. The van der Waals surface area contributed by atoms with Crippen LogP contribution in [0.5, 0.6) is 0 Å². The lowest BCUT2D eigenvalue weighted by Gasteiger charge is -2.27. The minimum atomic E-state index is -0.768. The van der Waals surface area contributed by atoms with Gasteiger partial charge in [0.25, 0.3) is 0 Å². The van der Waals surface area contributed by atoms with Crippen LogP contribution in [0.25, 0.3) is 0 Å². The number of rotatable bonds is 14. The van der Waals surface area contributed by atoms with Crippen molar-refractivity contribution in [2.45, 2.75) is 112 Å². The average molecular weight is 457 g/mol. The highest BCUT2D eigenvalue weighted by molar-refractivity contribution is 5.70. The van der Waals surface area contributed by atoms with E-state index >= 15 is 0 Å². The van der Waals surface area contributed by atoms with Gasteiger partial charge >= 0.3 is 5.97 Å². The first-order valence-corrected chi connectivity index (χ1v) is 12.8. The number of carboxylic acid groups (broad SMARTS) is 1. The summed E-state index contributed by atoms with van der Waals surface area (Å²) in [4.78, 5) is 11.1. The first-order chi connectivity index (χ1) is 15.7. The minimum absolute atomic E-state index is 0.148. The summed E-state index contributed by atoms with van der Waals surface area (Å²) in [5.74, 6) is -1.19. The summed E-state index contributed by atoms with van der Waals surface area (Å²) in [6.45, 7) is 13.4. The molecule has 0 bridgehead atoms. The zero-order valence-corrected chi connectivity index (χ0v) is 22.1. The van der Waals surface area contributed by atoms with Crippen LogP contribution in [-0.4, -0.2) is 23.8 Å². The third-order valence-electron chi connectivity index (χ3n) is 6.43. The Kier molecular flexibility index (Phi) is 14.8. The van der Waals surface area contributed by atoms with Gasteiger partial charge < -0.3 is 9.84 Å². The van der Waals surface area contributed by atoms with E-state index in [9.17, 15) is 4.79 Å². The van der Waals surface area contributed by atoms with Crippen LogP contribution >= 0.6 is 0 Å². The highest BCUT2D eigenvalue weighted by atomic mass is 16.5. The van der Waals surface area contributed by atoms with Crippen molar-refractivity contribution >= 4 is 5.97 Å². The lowest BCUT2D eigenvalue weighted by molar-refractivity contribution is -0.147. The standard InChI is InChI=1S/C30H48O3/c1-23(2)12-9-15-26(5)17-10-16-24(3)13-7-8-14-25(4)18-11-19-28-20-21-29(33-22-28)27(6)30(31)32/h12-14,17,19,27,29H,7-11,15-16,18,20-22H2,1-6H3,(H,31,32)/b24-13+,25-14+,26-17+,28-19-/t27?,29-/m1/s1. The van der Waals surface area contributed by atoms with Crippen molar-refractivity contribution in [2.75, 3.05) is 6.61 Å². The van der Waals surface area contributed by atoms with Gasteiger partial charge in [0.1, 0.15) is 0 Å². The zero-order chi connectivity index (χ0) is 24.6. The van der Waals surface area contributed by atoms with E-state index in [0.717, 1.165) is 57.8 Å². The lowest BCUT2D eigenvalue weighted by atomic mass is 9.94. The van der Waals surface area contributed by atoms with Crippen LogP contribution in [0, 0.1) is 5.92 Å². The Morgan fingerprint density at radius 1 is 0.879 bits per heavy atom. The largest absolute Gasteiger partial charge is 0.481 e. The predicted molar refractivity (Wildman–Crippen MR) is 141 cm³/mol. The molecule has 1 heterocycles. The fourth-order valence-corrected chi connectivity index (χ4v) is 4.02. The summed E-state index contributed by atoms with van der Waals surface area (Å²) in [7, 11) is 0. The number of ether oxygens (including phenoxy) is 1. The number of allylic oxidation sites excluding steroid dienone is 9. The maximum absolute atomic E-state index is 11.1. The molecule has 0 radical (unpaired) electrons. The molecule has 3 heteroatoms. The summed E-state index contributed by atoms with van der Waals surface area (Å²) in [6.07, 6.45) is 22.4. The Morgan fingerprint density at radius 2 is 1.39 bits per heavy atom. The van der Waals surface area contributed by atoms with Gasteiger partial charge in [-0.2, -0.15) is 0 Å². The molecule has 33 heavy (non-hydrogen) atoms. The van der Waals surface area contributed by atoms with Crippen LogP contribution in [-0.2, 0) is 9.53 Å². The van der Waals surface area contributed by atoms with Gasteiger partial charge in [-0.25, -0.2) is 0 Å². The number of hydrogen-bond acceptors (Lipinski definition) is 2. The second-order valence-corrected chi connectivity index (χ2v) is 10.0. The number of aliphatic carboxylic acids is 1. The van der Waals surface area contributed by atoms with Gasteiger partial charge in [0.2, 0.25) is 0 Å². The van der Waals surface area contributed by atoms with Crippen molar-refractivity contribution in [2.24, 2.45) is 5.92 Å². The molecule has 1 aliphatic heterocycles. The summed E-state index contributed by atoms with van der Waals surface area (Å²) in [6, 6.07) is 0. The summed E-state index contributed by atoms with van der Waals surface area (Å²) < 4.78 is 5.76. The summed E-state index contributed by atoms with van der Waals surface area (Å²) in [5, 5.41) is 9.11.